The van der Waals surface area contributed by atoms with Gasteiger partial charge < -0.3 is 23.7 Å². The molecule has 2 aliphatic rings. The second kappa shape index (κ2) is 7.73. The van der Waals surface area contributed by atoms with Gasteiger partial charge in [-0.1, -0.05) is 19.7 Å². The third-order valence-electron chi connectivity index (χ3n) is 4.26. The van der Waals surface area contributed by atoms with Crippen molar-refractivity contribution in [3.63, 3.8) is 0 Å². The van der Waals surface area contributed by atoms with Crippen LogP contribution in [0, 0.1) is 0 Å². The van der Waals surface area contributed by atoms with Gasteiger partial charge in [0.15, 0.2) is 12.2 Å². The topological polar surface area (TPSA) is 83.6 Å². The van der Waals surface area contributed by atoms with E-state index in [9.17, 15) is 9.59 Å². The SMILES string of the molecule is C=C(C)C(=O)O[C@@H]1C(C)OC[C@@H](OC(=O)C(=C)C)[C@H]1OC1(C(=C)C)CO1. The van der Waals surface area contributed by atoms with E-state index in [-0.39, 0.29) is 17.8 Å². The van der Waals surface area contributed by atoms with Crippen molar-refractivity contribution >= 4 is 11.9 Å². The average Bonchev–Trinajstić information content (AvgIpc) is 3.33. The second-order valence-electron chi connectivity index (χ2n) is 6.82. The van der Waals surface area contributed by atoms with Gasteiger partial charge in [0, 0.05) is 11.1 Å². The van der Waals surface area contributed by atoms with Crippen molar-refractivity contribution in [3.8, 4) is 0 Å². The molecule has 0 N–H and O–H groups in total. The molecule has 2 fully saturated rings. The Morgan fingerprint density at radius 3 is 2.00 bits per heavy atom. The molecule has 0 aromatic carbocycles. The van der Waals surface area contributed by atoms with Gasteiger partial charge in [0.05, 0.1) is 12.7 Å². The van der Waals surface area contributed by atoms with Gasteiger partial charge in [-0.05, 0) is 33.3 Å². The highest BCUT2D eigenvalue weighted by atomic mass is 16.8. The smallest absolute Gasteiger partial charge is 0.333 e. The van der Waals surface area contributed by atoms with E-state index in [2.05, 4.69) is 19.7 Å². The first kappa shape index (κ1) is 20.4. The quantitative estimate of drug-likeness (QED) is 0.295. The van der Waals surface area contributed by atoms with E-state index in [1.54, 1.807) is 27.7 Å². The summed E-state index contributed by atoms with van der Waals surface area (Å²) in [6, 6.07) is 0. The van der Waals surface area contributed by atoms with Crippen LogP contribution in [0.5, 0.6) is 0 Å². The summed E-state index contributed by atoms with van der Waals surface area (Å²) in [5.41, 5.74) is 1.16. The lowest BCUT2D eigenvalue weighted by Crippen LogP contribution is -2.57. The third kappa shape index (κ3) is 4.41. The first-order chi connectivity index (χ1) is 12.1. The number of carbonyl (C=O) groups is 2. The monoisotopic (exact) mass is 366 g/mol. The Hall–Kier alpha value is -1.96. The van der Waals surface area contributed by atoms with Crippen molar-refractivity contribution in [2.75, 3.05) is 13.2 Å². The molecule has 0 bridgehead atoms. The van der Waals surface area contributed by atoms with Crippen molar-refractivity contribution in [2.24, 2.45) is 0 Å². The summed E-state index contributed by atoms with van der Waals surface area (Å²) in [7, 11) is 0. The van der Waals surface area contributed by atoms with Crippen LogP contribution in [-0.2, 0) is 33.3 Å². The molecule has 2 rings (SSSR count). The van der Waals surface area contributed by atoms with Crippen LogP contribution in [0.25, 0.3) is 0 Å². The predicted octanol–water partition coefficient (Wildman–Crippen LogP) is 2.07. The molecule has 2 aliphatic heterocycles. The number of ether oxygens (including phenoxy) is 5. The van der Waals surface area contributed by atoms with E-state index in [1.165, 1.54) is 0 Å². The standard InChI is InChI=1S/C19H26O7/c1-10(2)17(20)24-14-8-22-13(7)15(25-18(21)11(3)4)16(14)26-19(9-23-19)12(5)6/h13-16H,1,3,5,8-9H2,2,4,6-7H3/t13?,14-,15-,16-,19?/m1/s1. The maximum atomic E-state index is 12.1. The van der Waals surface area contributed by atoms with Gasteiger partial charge in [0.2, 0.25) is 5.79 Å². The third-order valence-corrected chi connectivity index (χ3v) is 4.26. The van der Waals surface area contributed by atoms with Gasteiger partial charge in [-0.2, -0.15) is 0 Å². The molecule has 0 radical (unpaired) electrons. The molecule has 2 heterocycles. The normalized spacial score (nSPS) is 33.1. The molecule has 0 spiro atoms. The molecule has 0 aromatic rings. The lowest BCUT2D eigenvalue weighted by atomic mass is 9.99. The van der Waals surface area contributed by atoms with Gasteiger partial charge >= 0.3 is 11.9 Å². The minimum atomic E-state index is -0.969. The van der Waals surface area contributed by atoms with Gasteiger partial charge in [0.1, 0.15) is 12.7 Å². The number of hydrogen-bond donors (Lipinski definition) is 0. The summed E-state index contributed by atoms with van der Waals surface area (Å²) >= 11 is 0. The van der Waals surface area contributed by atoms with Crippen LogP contribution in [0.4, 0.5) is 0 Å². The van der Waals surface area contributed by atoms with Gasteiger partial charge in [-0.3, -0.25) is 0 Å². The maximum absolute atomic E-state index is 12.1. The minimum Gasteiger partial charge on any atom is -0.454 e. The van der Waals surface area contributed by atoms with Gasteiger partial charge in [0.25, 0.3) is 0 Å². The zero-order valence-electron chi connectivity index (χ0n) is 15.7. The fourth-order valence-electron chi connectivity index (χ4n) is 2.48. The zero-order valence-corrected chi connectivity index (χ0v) is 15.7. The first-order valence-corrected chi connectivity index (χ1v) is 8.39. The highest BCUT2D eigenvalue weighted by molar-refractivity contribution is 5.87. The molecule has 0 amide bonds. The van der Waals surface area contributed by atoms with Crippen LogP contribution in [0.3, 0.4) is 0 Å². The molecular formula is C19H26O7. The van der Waals surface area contributed by atoms with Crippen LogP contribution >= 0.6 is 0 Å². The summed E-state index contributed by atoms with van der Waals surface area (Å²) in [6.45, 7) is 18.1. The molecule has 5 atom stereocenters. The van der Waals surface area contributed by atoms with E-state index < -0.39 is 42.1 Å². The summed E-state index contributed by atoms with van der Waals surface area (Å²) in [5.74, 6) is -2.12. The van der Waals surface area contributed by atoms with E-state index in [4.69, 9.17) is 23.7 Å². The van der Waals surface area contributed by atoms with E-state index >= 15 is 0 Å². The lowest BCUT2D eigenvalue weighted by molar-refractivity contribution is -0.240. The number of esters is 2. The van der Waals surface area contributed by atoms with Crippen LogP contribution in [0.2, 0.25) is 0 Å². The fourth-order valence-corrected chi connectivity index (χ4v) is 2.48. The van der Waals surface area contributed by atoms with Crippen LogP contribution in [-0.4, -0.2) is 55.4 Å². The lowest BCUT2D eigenvalue weighted by Gasteiger charge is -2.41. The van der Waals surface area contributed by atoms with Crippen LogP contribution < -0.4 is 0 Å². The highest BCUT2D eigenvalue weighted by Gasteiger charge is 2.55. The molecule has 0 aromatic heterocycles. The molecule has 2 saturated heterocycles. The molecule has 2 unspecified atom stereocenters. The Labute approximate surface area is 153 Å². The summed E-state index contributed by atoms with van der Waals surface area (Å²) < 4.78 is 28.1. The average molecular weight is 366 g/mol. The van der Waals surface area contributed by atoms with Crippen molar-refractivity contribution < 1.29 is 33.3 Å². The van der Waals surface area contributed by atoms with E-state index in [0.717, 1.165) is 0 Å². The Balaban J connectivity index is 2.27. The van der Waals surface area contributed by atoms with Crippen molar-refractivity contribution in [1.29, 1.82) is 0 Å². The number of carbonyl (C=O) groups excluding carboxylic acids is 2. The molecule has 0 aliphatic carbocycles. The fraction of sp³-hybridized carbons (Fsp3) is 0.579. The molecule has 26 heavy (non-hydrogen) atoms. The summed E-state index contributed by atoms with van der Waals surface area (Å²) in [4.78, 5) is 24.0. The largest absolute Gasteiger partial charge is 0.454 e. The summed E-state index contributed by atoms with van der Waals surface area (Å²) in [5, 5.41) is 0. The maximum Gasteiger partial charge on any atom is 0.333 e. The second-order valence-corrected chi connectivity index (χ2v) is 6.82. The van der Waals surface area contributed by atoms with Crippen molar-refractivity contribution in [1.82, 2.24) is 0 Å². The Morgan fingerprint density at radius 2 is 1.54 bits per heavy atom. The number of hydrogen-bond acceptors (Lipinski definition) is 7. The first-order valence-electron chi connectivity index (χ1n) is 8.39. The predicted molar refractivity (Wildman–Crippen MR) is 93.2 cm³/mol. The van der Waals surface area contributed by atoms with Gasteiger partial charge in [-0.15, -0.1) is 0 Å². The molecule has 7 heteroatoms. The van der Waals surface area contributed by atoms with Crippen LogP contribution in [0.1, 0.15) is 27.7 Å². The Morgan fingerprint density at radius 1 is 1.00 bits per heavy atom. The number of epoxide rings is 1. The molecular weight excluding hydrogens is 340 g/mol. The molecule has 0 saturated carbocycles. The van der Waals surface area contributed by atoms with Crippen molar-refractivity contribution in [2.45, 2.75) is 57.9 Å². The Bertz CT molecular complexity index is 632. The zero-order chi connectivity index (χ0) is 19.6. The van der Waals surface area contributed by atoms with Crippen molar-refractivity contribution in [3.05, 3.63) is 36.5 Å². The molecule has 7 nitrogen and oxygen atoms in total. The van der Waals surface area contributed by atoms with E-state index in [1.807, 2.05) is 0 Å². The Kier molecular flexibility index (Phi) is 6.05. The van der Waals surface area contributed by atoms with E-state index in [0.29, 0.717) is 12.2 Å². The van der Waals surface area contributed by atoms with Gasteiger partial charge in [-0.25, -0.2) is 9.59 Å². The number of rotatable bonds is 7. The minimum absolute atomic E-state index is 0.0955. The highest BCUT2D eigenvalue weighted by Crippen LogP contribution is 2.39. The van der Waals surface area contributed by atoms with Crippen LogP contribution in [0.15, 0.2) is 36.5 Å². The summed E-state index contributed by atoms with van der Waals surface area (Å²) in [6.07, 6.45) is -2.86. The molecule has 144 valence electrons.